The van der Waals surface area contributed by atoms with Gasteiger partial charge in [0.15, 0.2) is 0 Å². The second-order valence-corrected chi connectivity index (χ2v) is 5.72. The summed E-state index contributed by atoms with van der Waals surface area (Å²) in [6.45, 7) is 0. The third-order valence-corrected chi connectivity index (χ3v) is 3.89. The van der Waals surface area contributed by atoms with Gasteiger partial charge in [0.25, 0.3) is 0 Å². The summed E-state index contributed by atoms with van der Waals surface area (Å²) >= 11 is 6.08. The Morgan fingerprint density at radius 2 is 2.26 bits per heavy atom. The number of para-hydroxylation sites is 2. The predicted molar refractivity (Wildman–Crippen MR) is 78.4 cm³/mol. The molecule has 0 bridgehead atoms. The summed E-state index contributed by atoms with van der Waals surface area (Å²) in [5.41, 5.74) is 0.584. The number of amides is 2. The maximum Gasteiger partial charge on any atom is 0.239 e. The number of anilines is 1. The zero-order valence-corrected chi connectivity index (χ0v) is 11.8. The highest BCUT2D eigenvalue weighted by atomic mass is 32.2. The van der Waals surface area contributed by atoms with Gasteiger partial charge in [0.1, 0.15) is 10.1 Å². The molecule has 2 amide bonds. The van der Waals surface area contributed by atoms with Crippen molar-refractivity contribution >= 4 is 45.8 Å². The van der Waals surface area contributed by atoms with Crippen LogP contribution < -0.4 is 15.4 Å². The van der Waals surface area contributed by atoms with Crippen LogP contribution in [0.15, 0.2) is 24.3 Å². The Morgan fingerprint density at radius 1 is 1.53 bits per heavy atom. The van der Waals surface area contributed by atoms with Crippen molar-refractivity contribution in [2.75, 3.05) is 12.4 Å². The van der Waals surface area contributed by atoms with E-state index >= 15 is 0 Å². The molecule has 1 heterocycles. The van der Waals surface area contributed by atoms with Gasteiger partial charge in [-0.05, 0) is 12.1 Å². The molecule has 1 aliphatic rings. The van der Waals surface area contributed by atoms with E-state index in [2.05, 4.69) is 10.6 Å². The van der Waals surface area contributed by atoms with Crippen molar-refractivity contribution in [3.8, 4) is 5.75 Å². The summed E-state index contributed by atoms with van der Waals surface area (Å²) in [6, 6.07) is 7.10. The van der Waals surface area contributed by atoms with Crippen LogP contribution in [0, 0.1) is 0 Å². The lowest BCUT2D eigenvalue weighted by Gasteiger charge is -2.10. The molecular formula is C12H12N2O3S2. The Labute approximate surface area is 120 Å². The highest BCUT2D eigenvalue weighted by Gasteiger charge is 2.31. The van der Waals surface area contributed by atoms with Gasteiger partial charge in [0, 0.05) is 6.42 Å². The molecule has 0 aliphatic carbocycles. The Balaban J connectivity index is 1.98. The lowest BCUT2D eigenvalue weighted by molar-refractivity contribution is -0.122. The molecule has 0 unspecified atom stereocenters. The molecule has 1 aromatic rings. The fraction of sp³-hybridized carbons (Fsp3) is 0.250. The first kappa shape index (κ1) is 13.8. The topological polar surface area (TPSA) is 67.4 Å². The van der Waals surface area contributed by atoms with Crippen LogP contribution in [0.4, 0.5) is 5.69 Å². The van der Waals surface area contributed by atoms with Gasteiger partial charge in [0.05, 0.1) is 18.0 Å². The zero-order chi connectivity index (χ0) is 13.8. The molecule has 1 atom stereocenters. The van der Waals surface area contributed by atoms with Gasteiger partial charge in [-0.3, -0.25) is 9.59 Å². The number of rotatable bonds is 4. The van der Waals surface area contributed by atoms with Gasteiger partial charge >= 0.3 is 0 Å². The minimum Gasteiger partial charge on any atom is -0.495 e. The molecule has 1 fully saturated rings. The number of benzene rings is 1. The monoisotopic (exact) mass is 296 g/mol. The van der Waals surface area contributed by atoms with Gasteiger partial charge in [0.2, 0.25) is 11.8 Å². The van der Waals surface area contributed by atoms with E-state index in [1.54, 1.807) is 18.2 Å². The first-order valence-corrected chi connectivity index (χ1v) is 6.83. The van der Waals surface area contributed by atoms with Crippen LogP contribution in [0.25, 0.3) is 0 Å². The zero-order valence-electron chi connectivity index (χ0n) is 10.1. The van der Waals surface area contributed by atoms with Crippen molar-refractivity contribution in [2.45, 2.75) is 11.7 Å². The minimum atomic E-state index is -0.456. The van der Waals surface area contributed by atoms with Crippen LogP contribution in [-0.2, 0) is 9.59 Å². The molecule has 1 saturated heterocycles. The van der Waals surface area contributed by atoms with E-state index in [1.165, 1.54) is 18.9 Å². The van der Waals surface area contributed by atoms with Crippen LogP contribution in [-0.4, -0.2) is 28.5 Å². The minimum absolute atomic E-state index is 0.0781. The summed E-state index contributed by atoms with van der Waals surface area (Å²) in [6.07, 6.45) is 0.0781. The number of carbonyl (C=O) groups excluding carboxylic acids is 2. The second-order valence-electron chi connectivity index (χ2n) is 3.84. The molecule has 0 saturated carbocycles. The van der Waals surface area contributed by atoms with Crippen LogP contribution in [0.2, 0.25) is 0 Å². The van der Waals surface area contributed by atoms with Crippen LogP contribution in [0.3, 0.4) is 0 Å². The van der Waals surface area contributed by atoms with E-state index in [4.69, 9.17) is 17.0 Å². The maximum atomic E-state index is 11.9. The third kappa shape index (κ3) is 3.45. The predicted octanol–water partition coefficient (Wildman–Crippen LogP) is 1.54. The number of ether oxygens (including phenoxy) is 1. The molecule has 7 heteroatoms. The Hall–Kier alpha value is -1.60. The highest BCUT2D eigenvalue weighted by molar-refractivity contribution is 8.24. The van der Waals surface area contributed by atoms with E-state index in [0.29, 0.717) is 15.8 Å². The molecular weight excluding hydrogens is 284 g/mol. The van der Waals surface area contributed by atoms with Gasteiger partial charge in [-0.1, -0.05) is 36.1 Å². The summed E-state index contributed by atoms with van der Waals surface area (Å²) in [5, 5.41) is 4.78. The average Bonchev–Trinajstić information content (AvgIpc) is 2.68. The number of methoxy groups -OCH3 is 1. The molecule has 5 nitrogen and oxygen atoms in total. The normalized spacial score (nSPS) is 18.1. The smallest absolute Gasteiger partial charge is 0.239 e. The van der Waals surface area contributed by atoms with E-state index in [1.807, 2.05) is 6.07 Å². The molecule has 0 spiro atoms. The third-order valence-electron chi connectivity index (χ3n) is 2.52. The number of hydrogen-bond donors (Lipinski definition) is 2. The van der Waals surface area contributed by atoms with Crippen molar-refractivity contribution in [2.24, 2.45) is 0 Å². The van der Waals surface area contributed by atoms with Crippen LogP contribution >= 0.6 is 24.0 Å². The summed E-state index contributed by atoms with van der Waals surface area (Å²) in [5.74, 6) is 0.113. The van der Waals surface area contributed by atoms with Gasteiger partial charge in [-0.15, -0.1) is 0 Å². The molecule has 2 rings (SSSR count). The van der Waals surface area contributed by atoms with Gasteiger partial charge in [-0.25, -0.2) is 0 Å². The van der Waals surface area contributed by atoms with Crippen LogP contribution in [0.5, 0.6) is 5.75 Å². The first-order valence-electron chi connectivity index (χ1n) is 5.54. The number of hydrogen-bond acceptors (Lipinski definition) is 5. The summed E-state index contributed by atoms with van der Waals surface area (Å²) in [4.78, 5) is 23.4. The second kappa shape index (κ2) is 6.03. The molecule has 0 aromatic heterocycles. The summed E-state index contributed by atoms with van der Waals surface area (Å²) in [7, 11) is 1.53. The lowest BCUT2D eigenvalue weighted by Crippen LogP contribution is -2.27. The van der Waals surface area contributed by atoms with E-state index in [9.17, 15) is 9.59 Å². The number of thioether (sulfide) groups is 1. The van der Waals surface area contributed by atoms with Gasteiger partial charge in [-0.2, -0.15) is 0 Å². The first-order chi connectivity index (χ1) is 9.10. The fourth-order valence-electron chi connectivity index (χ4n) is 1.65. The van der Waals surface area contributed by atoms with Crippen molar-refractivity contribution in [1.82, 2.24) is 5.32 Å². The quantitative estimate of drug-likeness (QED) is 0.825. The van der Waals surface area contributed by atoms with Crippen molar-refractivity contribution in [3.63, 3.8) is 0 Å². The molecule has 1 aromatic carbocycles. The van der Waals surface area contributed by atoms with E-state index in [0.717, 1.165) is 0 Å². The lowest BCUT2D eigenvalue weighted by atomic mass is 10.2. The SMILES string of the molecule is COc1ccccc1NC(=O)C[C@H]1SC(=S)NC1=O. The average molecular weight is 296 g/mol. The number of thiocarbonyl (C=S) groups is 1. The largest absolute Gasteiger partial charge is 0.495 e. The van der Waals surface area contributed by atoms with Crippen molar-refractivity contribution in [3.05, 3.63) is 24.3 Å². The summed E-state index contributed by atoms with van der Waals surface area (Å²) < 4.78 is 5.55. The molecule has 19 heavy (non-hydrogen) atoms. The molecule has 1 aliphatic heterocycles. The standard InChI is InChI=1S/C12H12N2O3S2/c1-17-8-5-3-2-4-7(8)13-10(15)6-9-11(16)14-12(18)19-9/h2-5,9H,6H2,1H3,(H,13,15)(H,14,16,18)/t9-/m1/s1. The molecule has 100 valence electrons. The highest BCUT2D eigenvalue weighted by Crippen LogP contribution is 2.25. The Kier molecular flexibility index (Phi) is 4.39. The Morgan fingerprint density at radius 3 is 2.89 bits per heavy atom. The van der Waals surface area contributed by atoms with E-state index < -0.39 is 5.25 Å². The van der Waals surface area contributed by atoms with Crippen molar-refractivity contribution < 1.29 is 14.3 Å². The molecule has 0 radical (unpaired) electrons. The van der Waals surface area contributed by atoms with E-state index in [-0.39, 0.29) is 18.2 Å². The van der Waals surface area contributed by atoms with Crippen molar-refractivity contribution in [1.29, 1.82) is 0 Å². The Bertz CT molecular complexity index is 533. The number of nitrogens with one attached hydrogen (secondary N) is 2. The molecule has 2 N–H and O–H groups in total. The fourth-order valence-corrected chi connectivity index (χ4v) is 2.91. The van der Waals surface area contributed by atoms with Crippen LogP contribution in [0.1, 0.15) is 6.42 Å². The maximum absolute atomic E-state index is 11.9. The van der Waals surface area contributed by atoms with Gasteiger partial charge < -0.3 is 15.4 Å². The number of carbonyl (C=O) groups is 2.